The van der Waals surface area contributed by atoms with E-state index in [-0.39, 0.29) is 22.7 Å². The molecule has 2 amide bonds. The highest BCUT2D eigenvalue weighted by Crippen LogP contribution is 2.05. The molecule has 0 saturated heterocycles. The van der Waals surface area contributed by atoms with Crippen LogP contribution in [0, 0.1) is 0 Å². The van der Waals surface area contributed by atoms with Crippen molar-refractivity contribution < 1.29 is 9.53 Å². The predicted molar refractivity (Wildman–Crippen MR) is 64.9 cm³/mol. The second-order valence-corrected chi connectivity index (χ2v) is 3.84. The summed E-state index contributed by atoms with van der Waals surface area (Å²) in [4.78, 5) is 26.2. The maximum atomic E-state index is 11.1. The average molecular weight is 255 g/mol. The van der Waals surface area contributed by atoms with Gasteiger partial charge in [0.05, 0.1) is 0 Å². The van der Waals surface area contributed by atoms with Gasteiger partial charge in [-0.1, -0.05) is 30.3 Å². The summed E-state index contributed by atoms with van der Waals surface area (Å²) < 4.78 is 5.53. The molecule has 3 rings (SSSR count). The van der Waals surface area contributed by atoms with E-state index in [9.17, 15) is 4.79 Å². The standard InChI is InChI=1S/C12H9N5O2/c13-11-15-9-8(14-12(18)16-9)10(17-11)19-6-7-4-2-1-3-5-7/h1-5H,6H2,(H2,13,15,16,18). The van der Waals surface area contributed by atoms with Crippen LogP contribution in [0.15, 0.2) is 40.3 Å². The minimum absolute atomic E-state index is 0.00420. The van der Waals surface area contributed by atoms with E-state index in [1.54, 1.807) is 0 Å². The molecule has 0 atom stereocenters. The number of amides is 2. The van der Waals surface area contributed by atoms with Gasteiger partial charge >= 0.3 is 6.03 Å². The van der Waals surface area contributed by atoms with Gasteiger partial charge in [-0.2, -0.15) is 20.0 Å². The number of carbonyl (C=O) groups is 1. The molecule has 2 aromatic rings. The molecule has 2 heterocycles. The van der Waals surface area contributed by atoms with Crippen LogP contribution in [0.5, 0.6) is 5.88 Å². The van der Waals surface area contributed by atoms with Crippen LogP contribution in [0.25, 0.3) is 0 Å². The first-order chi connectivity index (χ1) is 9.22. The van der Waals surface area contributed by atoms with Crippen LogP contribution >= 0.6 is 0 Å². The summed E-state index contributed by atoms with van der Waals surface area (Å²) in [6.07, 6.45) is 0. The molecule has 7 nitrogen and oxygen atoms in total. The summed E-state index contributed by atoms with van der Waals surface area (Å²) in [5.41, 5.74) is 6.65. The number of rotatable bonds is 3. The van der Waals surface area contributed by atoms with Crippen LogP contribution < -0.4 is 21.3 Å². The van der Waals surface area contributed by atoms with E-state index in [0.717, 1.165) is 5.56 Å². The van der Waals surface area contributed by atoms with E-state index in [2.05, 4.69) is 20.0 Å². The zero-order valence-corrected chi connectivity index (χ0v) is 9.78. The van der Waals surface area contributed by atoms with Crippen molar-refractivity contribution in [1.29, 1.82) is 0 Å². The second-order valence-electron chi connectivity index (χ2n) is 3.84. The van der Waals surface area contributed by atoms with Crippen molar-refractivity contribution in [2.75, 3.05) is 5.73 Å². The lowest BCUT2D eigenvalue weighted by Crippen LogP contribution is -2.30. The highest BCUT2D eigenvalue weighted by Gasteiger charge is 2.14. The van der Waals surface area contributed by atoms with Crippen molar-refractivity contribution in [3.63, 3.8) is 0 Å². The Morgan fingerprint density at radius 3 is 2.68 bits per heavy atom. The Balaban J connectivity index is 1.93. The first kappa shape index (κ1) is 11.3. The fourth-order valence-electron chi connectivity index (χ4n) is 1.65. The van der Waals surface area contributed by atoms with Crippen molar-refractivity contribution in [3.8, 4) is 5.88 Å². The summed E-state index contributed by atoms with van der Waals surface area (Å²) in [5, 5.41) is 0.232. The van der Waals surface area contributed by atoms with Crippen LogP contribution in [0.2, 0.25) is 0 Å². The fourth-order valence-corrected chi connectivity index (χ4v) is 1.65. The van der Waals surface area contributed by atoms with E-state index >= 15 is 0 Å². The lowest BCUT2D eigenvalue weighted by molar-refractivity contribution is 0.256. The second kappa shape index (κ2) is 4.45. The number of nitrogens with zero attached hydrogens (tertiary/aromatic N) is 4. The Kier molecular flexibility index (Phi) is 2.64. The quantitative estimate of drug-likeness (QED) is 0.832. The van der Waals surface area contributed by atoms with E-state index in [0.29, 0.717) is 6.61 Å². The molecule has 0 radical (unpaired) electrons. The molecular weight excluding hydrogens is 246 g/mol. The Morgan fingerprint density at radius 2 is 1.89 bits per heavy atom. The SMILES string of the molecule is Nc1nc(OCc2ccccc2)c2c(n1)=NC(=O)N=2. The van der Waals surface area contributed by atoms with Crippen LogP contribution in [-0.2, 0) is 6.61 Å². The third kappa shape index (κ3) is 2.25. The third-order valence-corrected chi connectivity index (χ3v) is 2.48. The largest absolute Gasteiger partial charge is 0.471 e. The smallest absolute Gasteiger partial charge is 0.370 e. The molecule has 0 aliphatic carbocycles. The monoisotopic (exact) mass is 255 g/mol. The zero-order chi connectivity index (χ0) is 13.2. The van der Waals surface area contributed by atoms with Crippen LogP contribution in [0.1, 0.15) is 5.56 Å². The van der Waals surface area contributed by atoms with Crippen LogP contribution in [-0.4, -0.2) is 16.0 Å². The maximum Gasteiger partial charge on any atom is 0.370 e. The van der Waals surface area contributed by atoms with Gasteiger partial charge in [-0.05, 0) is 5.56 Å². The molecular formula is C12H9N5O2. The summed E-state index contributed by atoms with van der Waals surface area (Å²) in [5.74, 6) is 0.163. The van der Waals surface area contributed by atoms with Gasteiger partial charge in [0.1, 0.15) is 6.61 Å². The van der Waals surface area contributed by atoms with Crippen molar-refractivity contribution in [2.45, 2.75) is 6.61 Å². The molecule has 0 saturated carbocycles. The molecule has 1 aliphatic heterocycles. The summed E-state index contributed by atoms with van der Waals surface area (Å²) in [6, 6.07) is 8.92. The maximum absolute atomic E-state index is 11.1. The average Bonchev–Trinajstić information content (AvgIpc) is 2.77. The number of benzene rings is 1. The van der Waals surface area contributed by atoms with Gasteiger partial charge in [-0.25, -0.2) is 4.79 Å². The molecule has 0 spiro atoms. The molecule has 1 aliphatic rings. The van der Waals surface area contributed by atoms with Crippen LogP contribution in [0.4, 0.5) is 10.7 Å². The predicted octanol–water partition coefficient (Wildman–Crippen LogP) is 0.0106. The molecule has 1 aromatic carbocycles. The van der Waals surface area contributed by atoms with Crippen LogP contribution in [0.3, 0.4) is 0 Å². The van der Waals surface area contributed by atoms with E-state index in [1.807, 2.05) is 30.3 Å². The van der Waals surface area contributed by atoms with Gasteiger partial charge < -0.3 is 10.5 Å². The Hall–Kier alpha value is -2.83. The number of nitrogens with two attached hydrogens (primary N) is 1. The molecule has 0 fully saturated rings. The van der Waals surface area contributed by atoms with Crippen molar-refractivity contribution in [1.82, 2.24) is 9.97 Å². The number of anilines is 1. The van der Waals surface area contributed by atoms with E-state index in [4.69, 9.17) is 10.5 Å². The number of aromatic nitrogens is 2. The van der Waals surface area contributed by atoms with Gasteiger partial charge in [-0.3, -0.25) is 0 Å². The number of hydrogen-bond donors (Lipinski definition) is 1. The molecule has 7 heteroatoms. The lowest BCUT2D eigenvalue weighted by Gasteiger charge is -2.04. The van der Waals surface area contributed by atoms with Crippen molar-refractivity contribution in [3.05, 3.63) is 46.7 Å². The Morgan fingerprint density at radius 1 is 1.11 bits per heavy atom. The van der Waals surface area contributed by atoms with Gasteiger partial charge in [0.2, 0.25) is 11.8 Å². The normalized spacial score (nSPS) is 12.5. The number of fused-ring (bicyclic) bond motifs is 1. The van der Waals surface area contributed by atoms with Gasteiger partial charge in [-0.15, -0.1) is 0 Å². The summed E-state index contributed by atoms with van der Waals surface area (Å²) in [6.45, 7) is 0.299. The van der Waals surface area contributed by atoms with Gasteiger partial charge in [0.25, 0.3) is 0 Å². The molecule has 94 valence electrons. The number of nitrogen functional groups attached to an aromatic ring is 1. The first-order valence-corrected chi connectivity index (χ1v) is 5.54. The van der Waals surface area contributed by atoms with Crippen molar-refractivity contribution >= 4 is 12.0 Å². The fraction of sp³-hybridized carbons (Fsp3) is 0.0833. The van der Waals surface area contributed by atoms with Gasteiger partial charge in [0, 0.05) is 0 Å². The number of ether oxygens (including phenoxy) is 1. The Labute approximate surface area is 107 Å². The zero-order valence-electron chi connectivity index (χ0n) is 9.78. The highest BCUT2D eigenvalue weighted by atomic mass is 16.5. The van der Waals surface area contributed by atoms with E-state index in [1.165, 1.54) is 0 Å². The molecule has 19 heavy (non-hydrogen) atoms. The molecule has 0 bridgehead atoms. The lowest BCUT2D eigenvalue weighted by atomic mass is 10.2. The number of carbonyl (C=O) groups excluding carboxylic acids is 1. The van der Waals surface area contributed by atoms with E-state index < -0.39 is 6.03 Å². The Bertz CT molecular complexity index is 758. The molecule has 1 aromatic heterocycles. The minimum atomic E-state index is -0.625. The van der Waals surface area contributed by atoms with Gasteiger partial charge in [0.15, 0.2) is 10.8 Å². The van der Waals surface area contributed by atoms with Crippen molar-refractivity contribution in [2.24, 2.45) is 9.98 Å². The molecule has 2 N–H and O–H groups in total. The minimum Gasteiger partial charge on any atom is -0.471 e. The number of hydrogen-bond acceptors (Lipinski definition) is 5. The molecule has 0 unspecified atom stereocenters. The summed E-state index contributed by atoms with van der Waals surface area (Å²) in [7, 11) is 0. The first-order valence-electron chi connectivity index (χ1n) is 5.54. The number of urea groups is 1. The summed E-state index contributed by atoms with van der Waals surface area (Å²) >= 11 is 0. The third-order valence-electron chi connectivity index (χ3n) is 2.48. The topological polar surface area (TPSA) is 103 Å². The highest BCUT2D eigenvalue weighted by molar-refractivity contribution is 5.77.